The van der Waals surface area contributed by atoms with E-state index in [1.54, 1.807) is 0 Å². The van der Waals surface area contributed by atoms with E-state index < -0.39 is 10.2 Å². The largest absolute Gasteiger partial charge is 0.344 e. The summed E-state index contributed by atoms with van der Waals surface area (Å²) in [5.74, 6) is 0. The minimum atomic E-state index is -1.50. The van der Waals surface area contributed by atoms with Gasteiger partial charge in [-0.2, -0.15) is 0 Å². The van der Waals surface area contributed by atoms with E-state index in [2.05, 4.69) is 0 Å². The summed E-state index contributed by atoms with van der Waals surface area (Å²) in [6.45, 7) is 0. The van der Waals surface area contributed by atoms with Gasteiger partial charge in [0.05, 0.1) is 0 Å². The van der Waals surface area contributed by atoms with E-state index >= 15 is 0 Å². The quantitative estimate of drug-likeness (QED) is 0.237. The monoisotopic (exact) mass is 389 g/mol. The first-order valence-electron chi connectivity index (χ1n) is 1.13. The summed E-state index contributed by atoms with van der Waals surface area (Å²) in [5.41, 5.74) is 0. The number of rotatable bonds is 0. The molecule has 90 valence electrons. The number of hydrogen-bond donors (Lipinski definition) is 6. The zero-order chi connectivity index (χ0) is 7.15. The summed E-state index contributed by atoms with van der Waals surface area (Å²) in [7, 11) is 0. The van der Waals surface area contributed by atoms with Gasteiger partial charge >= 0.3 is 0 Å². The van der Waals surface area contributed by atoms with Crippen LogP contribution in [0.25, 0.3) is 0 Å². The molecule has 0 unspecified atom stereocenters. The standard InChI is InChI=1S/2HNO3.4H3N.Pt/c2*2-1(3)4;;;;;/h2*(H,2,3,4);4*1H3;. The van der Waals surface area contributed by atoms with Crippen molar-refractivity contribution >= 4 is 0 Å². The van der Waals surface area contributed by atoms with Crippen LogP contribution in [-0.4, -0.2) is 20.6 Å². The van der Waals surface area contributed by atoms with Crippen LogP contribution in [0.5, 0.6) is 0 Å². The topological polar surface area (TPSA) is 267 Å². The van der Waals surface area contributed by atoms with E-state index in [0.717, 1.165) is 0 Å². The Morgan fingerprint density at radius 3 is 0.769 bits per heavy atom. The zero-order valence-electron chi connectivity index (χ0n) is 6.57. The van der Waals surface area contributed by atoms with E-state index in [0.29, 0.717) is 0 Å². The van der Waals surface area contributed by atoms with Crippen molar-refractivity contribution in [2.45, 2.75) is 0 Å². The third-order valence-electron chi connectivity index (χ3n) is 0. The number of hydrogen-bond acceptors (Lipinski definition) is 8. The Bertz CT molecular complexity index is 75.1. The molecule has 0 aromatic heterocycles. The fourth-order valence-corrected chi connectivity index (χ4v) is 0. The van der Waals surface area contributed by atoms with Crippen LogP contribution in [0.3, 0.4) is 0 Å². The Morgan fingerprint density at radius 1 is 0.769 bits per heavy atom. The van der Waals surface area contributed by atoms with Crippen molar-refractivity contribution in [1.82, 2.24) is 24.6 Å². The SMILES string of the molecule is N.N.N.N.O=[N+]([O-])O.O=[N+]([O-])O.[Pt]. The van der Waals surface area contributed by atoms with Gasteiger partial charge in [0, 0.05) is 21.1 Å². The molecule has 0 saturated carbocycles. The van der Waals surface area contributed by atoms with Crippen LogP contribution in [-0.2, 0) is 21.1 Å². The Kier molecular flexibility index (Phi) is 200. The molecule has 0 spiro atoms. The number of nitrogens with zero attached hydrogens (tertiary/aromatic N) is 2. The van der Waals surface area contributed by atoms with Crippen LogP contribution in [0.15, 0.2) is 0 Å². The molecule has 0 aromatic carbocycles. The van der Waals surface area contributed by atoms with Gasteiger partial charge in [0.1, 0.15) is 0 Å². The molecule has 0 aliphatic heterocycles. The van der Waals surface area contributed by atoms with Gasteiger partial charge in [-0.3, -0.25) is 0 Å². The van der Waals surface area contributed by atoms with Gasteiger partial charge in [-0.15, -0.1) is 20.2 Å². The fraction of sp³-hybridized carbons (Fsp3) is 0. The molecule has 0 fully saturated rings. The van der Waals surface area contributed by atoms with E-state index in [-0.39, 0.29) is 45.7 Å². The Morgan fingerprint density at radius 2 is 0.769 bits per heavy atom. The van der Waals surface area contributed by atoms with E-state index in [1.165, 1.54) is 0 Å². The van der Waals surface area contributed by atoms with Gasteiger partial charge in [0.15, 0.2) is 0 Å². The fourth-order valence-electron chi connectivity index (χ4n) is 0. The smallest absolute Gasteiger partial charge is 0.291 e. The van der Waals surface area contributed by atoms with E-state index in [9.17, 15) is 0 Å². The molecule has 0 rings (SSSR count). The first kappa shape index (κ1) is 58.7. The van der Waals surface area contributed by atoms with Gasteiger partial charge in [-0.05, 0) is 0 Å². The summed E-state index contributed by atoms with van der Waals surface area (Å²) >= 11 is 0. The second kappa shape index (κ2) is 44.4. The summed E-state index contributed by atoms with van der Waals surface area (Å²) < 4.78 is 0. The maximum Gasteiger partial charge on any atom is 0.291 e. The summed E-state index contributed by atoms with van der Waals surface area (Å²) in [6.07, 6.45) is 0. The maximum atomic E-state index is 8.36. The molecule has 0 saturated heterocycles. The van der Waals surface area contributed by atoms with Crippen LogP contribution in [0, 0.1) is 20.2 Å². The van der Waals surface area contributed by atoms with Crippen molar-refractivity contribution in [3.05, 3.63) is 20.2 Å². The molecule has 12 nitrogen and oxygen atoms in total. The molecule has 0 aliphatic carbocycles. The van der Waals surface area contributed by atoms with Crippen molar-refractivity contribution in [2.24, 2.45) is 0 Å². The Balaban J connectivity index is -0.00000000800. The zero-order valence-corrected chi connectivity index (χ0v) is 8.84. The molecule has 0 amide bonds. The summed E-state index contributed by atoms with van der Waals surface area (Å²) in [5, 5.41) is 27.3. The molecule has 13 heteroatoms. The molecular formula is H14N6O6Pt. The average molecular weight is 389 g/mol. The molecule has 14 N–H and O–H groups in total. The minimum Gasteiger partial charge on any atom is -0.344 e. The second-order valence-electron chi connectivity index (χ2n) is 0.476. The van der Waals surface area contributed by atoms with E-state index in [4.69, 9.17) is 30.6 Å². The van der Waals surface area contributed by atoms with Gasteiger partial charge in [0.2, 0.25) is 0 Å². The predicted molar refractivity (Wildman–Crippen MR) is 37.7 cm³/mol. The average Bonchev–Trinajstić information content (AvgIpc) is 1.25. The third kappa shape index (κ3) is 758. The molecule has 0 radical (unpaired) electrons. The molecular weight excluding hydrogens is 375 g/mol. The Hall–Kier alpha value is -1.07. The molecule has 0 heterocycles. The second-order valence-corrected chi connectivity index (χ2v) is 0.476. The van der Waals surface area contributed by atoms with Gasteiger partial charge in [-0.1, -0.05) is 0 Å². The first-order valence-corrected chi connectivity index (χ1v) is 1.13. The molecule has 0 aliphatic rings. The van der Waals surface area contributed by atoms with Crippen LogP contribution in [0.4, 0.5) is 0 Å². The van der Waals surface area contributed by atoms with Crippen LogP contribution >= 0.6 is 0 Å². The van der Waals surface area contributed by atoms with Gasteiger partial charge < -0.3 is 35.0 Å². The van der Waals surface area contributed by atoms with Crippen LogP contribution in [0.2, 0.25) is 0 Å². The molecule has 0 aromatic rings. The van der Waals surface area contributed by atoms with E-state index in [1.807, 2.05) is 0 Å². The maximum absolute atomic E-state index is 8.36. The van der Waals surface area contributed by atoms with Crippen molar-refractivity contribution < 1.29 is 41.7 Å². The van der Waals surface area contributed by atoms with Gasteiger partial charge in [-0.25, -0.2) is 0 Å². The molecule has 0 atom stereocenters. The van der Waals surface area contributed by atoms with Crippen LogP contribution < -0.4 is 24.6 Å². The van der Waals surface area contributed by atoms with Crippen molar-refractivity contribution in [2.75, 3.05) is 0 Å². The molecule has 0 bridgehead atoms. The minimum absolute atomic E-state index is 0. The summed E-state index contributed by atoms with van der Waals surface area (Å²) in [4.78, 5) is 16.7. The normalized spacial score (nSPS) is 3.69. The predicted octanol–water partition coefficient (Wildman–Crippen LogP) is -0.0499. The van der Waals surface area contributed by atoms with Crippen molar-refractivity contribution in [1.29, 1.82) is 0 Å². The first-order chi connectivity index (χ1) is 3.46. The molecule has 13 heavy (non-hydrogen) atoms. The Labute approximate surface area is 87.1 Å². The van der Waals surface area contributed by atoms with Crippen molar-refractivity contribution in [3.63, 3.8) is 0 Å². The van der Waals surface area contributed by atoms with Crippen LogP contribution in [0.1, 0.15) is 0 Å². The summed E-state index contributed by atoms with van der Waals surface area (Å²) in [6, 6.07) is 0. The third-order valence-corrected chi connectivity index (χ3v) is 0. The van der Waals surface area contributed by atoms with Crippen molar-refractivity contribution in [3.8, 4) is 0 Å². The van der Waals surface area contributed by atoms with Gasteiger partial charge in [0.25, 0.3) is 10.2 Å².